The molecule has 0 aliphatic carbocycles. The number of piperazine rings is 1. The van der Waals surface area contributed by atoms with Crippen LogP contribution in [0.3, 0.4) is 0 Å². The molecule has 0 bridgehead atoms. The molecule has 1 aliphatic heterocycles. The van der Waals surface area contributed by atoms with Gasteiger partial charge in [-0.25, -0.2) is 9.59 Å². The van der Waals surface area contributed by atoms with Crippen molar-refractivity contribution in [1.29, 1.82) is 0 Å². The summed E-state index contributed by atoms with van der Waals surface area (Å²) in [5.41, 5.74) is 0.0518. The average molecular weight is 364 g/mol. The van der Waals surface area contributed by atoms with Crippen molar-refractivity contribution in [3.8, 4) is 0 Å². The van der Waals surface area contributed by atoms with Gasteiger partial charge in [0.15, 0.2) is 0 Å². The molecule has 0 spiro atoms. The van der Waals surface area contributed by atoms with Crippen molar-refractivity contribution in [3.63, 3.8) is 0 Å². The molecule has 2 atom stereocenters. The fraction of sp³-hybridized carbons (Fsp3) is 0.500. The van der Waals surface area contributed by atoms with Gasteiger partial charge < -0.3 is 19.9 Å². The van der Waals surface area contributed by atoms with E-state index in [9.17, 15) is 19.5 Å². The lowest BCUT2D eigenvalue weighted by molar-refractivity contribution is -0.154. The number of nitrogens with one attached hydrogen (secondary N) is 1. The quantitative estimate of drug-likeness (QED) is 0.778. The molecule has 2 rings (SSSR count). The van der Waals surface area contributed by atoms with E-state index < -0.39 is 35.7 Å². The molecule has 0 radical (unpaired) electrons. The zero-order valence-electron chi connectivity index (χ0n) is 15.1. The predicted octanol–water partition coefficient (Wildman–Crippen LogP) is 1.39. The Kier molecular flexibility index (Phi) is 6.20. The van der Waals surface area contributed by atoms with Crippen molar-refractivity contribution < 1.29 is 29.0 Å². The second-order valence-corrected chi connectivity index (χ2v) is 7.04. The molecule has 26 heavy (non-hydrogen) atoms. The van der Waals surface area contributed by atoms with E-state index in [-0.39, 0.29) is 19.7 Å². The first kappa shape index (κ1) is 19.7. The van der Waals surface area contributed by atoms with E-state index in [4.69, 9.17) is 9.47 Å². The summed E-state index contributed by atoms with van der Waals surface area (Å²) in [7, 11) is 0. The number of hydrogen-bond acceptors (Lipinski definition) is 6. The van der Waals surface area contributed by atoms with Crippen LogP contribution in [0.4, 0.5) is 4.79 Å². The van der Waals surface area contributed by atoms with Gasteiger partial charge in [0, 0.05) is 6.54 Å². The second kappa shape index (κ2) is 8.18. The first-order valence-corrected chi connectivity index (χ1v) is 8.34. The van der Waals surface area contributed by atoms with Crippen molar-refractivity contribution in [3.05, 3.63) is 35.9 Å². The molecule has 1 aliphatic rings. The number of hydrogen-bond donors (Lipinski definition) is 2. The van der Waals surface area contributed by atoms with E-state index in [1.54, 1.807) is 20.8 Å². The van der Waals surface area contributed by atoms with Crippen LogP contribution in [0.2, 0.25) is 0 Å². The Bertz CT molecular complexity index is 655. The van der Waals surface area contributed by atoms with Gasteiger partial charge >= 0.3 is 18.0 Å². The molecular formula is C18H24N2O6. The summed E-state index contributed by atoms with van der Waals surface area (Å²) in [6.07, 6.45) is -0.744. The lowest BCUT2D eigenvalue weighted by atomic mass is 10.1. The molecule has 2 unspecified atom stereocenters. The highest BCUT2D eigenvalue weighted by Crippen LogP contribution is 2.16. The highest BCUT2D eigenvalue weighted by molar-refractivity contribution is 5.84. The van der Waals surface area contributed by atoms with Crippen molar-refractivity contribution in [2.24, 2.45) is 0 Å². The highest BCUT2D eigenvalue weighted by Gasteiger charge is 2.40. The number of nitrogens with zero attached hydrogens (tertiary/aromatic N) is 1. The van der Waals surface area contributed by atoms with Gasteiger partial charge in [0.25, 0.3) is 0 Å². The zero-order chi connectivity index (χ0) is 19.3. The van der Waals surface area contributed by atoms with Crippen LogP contribution in [-0.4, -0.2) is 58.8 Å². The SMILES string of the molecule is CC(C)(C)OC(=O)N1CC(C(=O)O)NCC1C(=O)OCc1ccccc1. The maximum Gasteiger partial charge on any atom is 0.411 e. The van der Waals surface area contributed by atoms with E-state index in [2.05, 4.69) is 5.32 Å². The van der Waals surface area contributed by atoms with Crippen LogP contribution in [0.25, 0.3) is 0 Å². The Morgan fingerprint density at radius 2 is 1.88 bits per heavy atom. The zero-order valence-corrected chi connectivity index (χ0v) is 15.1. The normalized spacial score (nSPS) is 20.3. The molecule has 1 amide bonds. The Hall–Kier alpha value is -2.61. The highest BCUT2D eigenvalue weighted by atomic mass is 16.6. The third kappa shape index (κ3) is 5.45. The third-order valence-corrected chi connectivity index (χ3v) is 3.74. The number of carbonyl (C=O) groups excluding carboxylic acids is 2. The minimum absolute atomic E-state index is 0.0240. The number of ether oxygens (including phenoxy) is 2. The van der Waals surface area contributed by atoms with Gasteiger partial charge in [0.2, 0.25) is 0 Å². The summed E-state index contributed by atoms with van der Waals surface area (Å²) in [4.78, 5) is 37.3. The lowest BCUT2D eigenvalue weighted by Gasteiger charge is -2.38. The van der Waals surface area contributed by atoms with Crippen LogP contribution in [0.1, 0.15) is 26.3 Å². The minimum Gasteiger partial charge on any atom is -0.480 e. The summed E-state index contributed by atoms with van der Waals surface area (Å²) < 4.78 is 10.6. The van der Waals surface area contributed by atoms with Crippen LogP contribution in [-0.2, 0) is 25.7 Å². The molecule has 1 fully saturated rings. The maximum absolute atomic E-state index is 12.5. The number of esters is 1. The number of carbonyl (C=O) groups is 3. The predicted molar refractivity (Wildman–Crippen MR) is 92.4 cm³/mol. The van der Waals surface area contributed by atoms with Gasteiger partial charge in [0.1, 0.15) is 24.3 Å². The number of carboxylic acid groups (broad SMARTS) is 1. The van der Waals surface area contributed by atoms with Gasteiger partial charge in [-0.3, -0.25) is 9.69 Å². The van der Waals surface area contributed by atoms with E-state index >= 15 is 0 Å². The summed E-state index contributed by atoms with van der Waals surface area (Å²) in [5, 5.41) is 11.9. The molecule has 8 nitrogen and oxygen atoms in total. The topological polar surface area (TPSA) is 105 Å². The van der Waals surface area contributed by atoms with Crippen molar-refractivity contribution >= 4 is 18.0 Å². The summed E-state index contributed by atoms with van der Waals surface area (Å²) >= 11 is 0. The Morgan fingerprint density at radius 3 is 2.46 bits per heavy atom. The molecule has 1 aromatic rings. The van der Waals surface area contributed by atoms with Crippen LogP contribution < -0.4 is 5.32 Å². The smallest absolute Gasteiger partial charge is 0.411 e. The Labute approximate surface area is 152 Å². The maximum atomic E-state index is 12.5. The number of benzene rings is 1. The van der Waals surface area contributed by atoms with Crippen LogP contribution in [0.15, 0.2) is 30.3 Å². The van der Waals surface area contributed by atoms with Crippen molar-refractivity contribution in [2.45, 2.75) is 45.1 Å². The Balaban J connectivity index is 2.08. The van der Waals surface area contributed by atoms with Crippen LogP contribution >= 0.6 is 0 Å². The summed E-state index contributed by atoms with van der Waals surface area (Å²) in [6.45, 7) is 4.96. The van der Waals surface area contributed by atoms with Gasteiger partial charge in [0.05, 0.1) is 6.54 Å². The van der Waals surface area contributed by atoms with E-state index in [0.717, 1.165) is 10.5 Å². The standard InChI is InChI=1S/C18H24N2O6/c1-18(2,3)26-17(24)20-10-13(15(21)22)19-9-14(20)16(23)25-11-12-7-5-4-6-8-12/h4-8,13-14,19H,9-11H2,1-3H3,(H,21,22). The van der Waals surface area contributed by atoms with Crippen molar-refractivity contribution in [1.82, 2.24) is 10.2 Å². The molecule has 0 aromatic heterocycles. The van der Waals surface area contributed by atoms with Crippen LogP contribution in [0, 0.1) is 0 Å². The number of amides is 1. The lowest BCUT2D eigenvalue weighted by Crippen LogP contribution is -2.63. The largest absolute Gasteiger partial charge is 0.480 e. The Morgan fingerprint density at radius 1 is 1.23 bits per heavy atom. The van der Waals surface area contributed by atoms with Crippen molar-refractivity contribution in [2.75, 3.05) is 13.1 Å². The number of rotatable bonds is 4. The molecule has 142 valence electrons. The monoisotopic (exact) mass is 364 g/mol. The summed E-state index contributed by atoms with van der Waals surface area (Å²) in [5.74, 6) is -1.72. The number of carboxylic acids is 1. The second-order valence-electron chi connectivity index (χ2n) is 7.04. The minimum atomic E-state index is -1.10. The van der Waals surface area contributed by atoms with E-state index in [1.807, 2.05) is 30.3 Å². The van der Waals surface area contributed by atoms with E-state index in [0.29, 0.717) is 0 Å². The van der Waals surface area contributed by atoms with Crippen LogP contribution in [0.5, 0.6) is 0 Å². The van der Waals surface area contributed by atoms with Gasteiger partial charge in [-0.15, -0.1) is 0 Å². The molecule has 1 heterocycles. The molecule has 1 saturated heterocycles. The van der Waals surface area contributed by atoms with Gasteiger partial charge in [-0.1, -0.05) is 30.3 Å². The molecule has 8 heteroatoms. The fourth-order valence-corrected chi connectivity index (χ4v) is 2.48. The first-order valence-electron chi connectivity index (χ1n) is 8.34. The van der Waals surface area contributed by atoms with Gasteiger partial charge in [-0.2, -0.15) is 0 Å². The van der Waals surface area contributed by atoms with Gasteiger partial charge in [-0.05, 0) is 26.3 Å². The molecular weight excluding hydrogens is 340 g/mol. The number of aliphatic carboxylic acids is 1. The molecule has 0 saturated carbocycles. The third-order valence-electron chi connectivity index (χ3n) is 3.74. The first-order chi connectivity index (χ1) is 12.2. The molecule has 2 N–H and O–H groups in total. The molecule has 1 aromatic carbocycles. The van der Waals surface area contributed by atoms with E-state index in [1.165, 1.54) is 0 Å². The summed E-state index contributed by atoms with van der Waals surface area (Å²) in [6, 6.07) is 7.22. The average Bonchev–Trinajstić information content (AvgIpc) is 2.58. The fourth-order valence-electron chi connectivity index (χ4n) is 2.48.